The molecule has 0 radical (unpaired) electrons. The Balaban J connectivity index is 1.67. The molecule has 184 valence electrons. The first-order valence-electron chi connectivity index (χ1n) is 11.7. The molecule has 0 unspecified atom stereocenters. The summed E-state index contributed by atoms with van der Waals surface area (Å²) in [6, 6.07) is 18.8. The van der Waals surface area contributed by atoms with Gasteiger partial charge in [0.05, 0.1) is 18.0 Å². The van der Waals surface area contributed by atoms with Crippen LogP contribution in [0.2, 0.25) is 0 Å². The molecule has 3 N–H and O–H groups in total. The monoisotopic (exact) mass is 487 g/mol. The minimum atomic E-state index is -1.37. The smallest absolute Gasteiger partial charge is 0.341 e. The van der Waals surface area contributed by atoms with Gasteiger partial charge in [0.1, 0.15) is 11.3 Å². The Bertz CT molecular complexity index is 1500. The zero-order chi connectivity index (χ0) is 25.4. The van der Waals surface area contributed by atoms with Gasteiger partial charge in [0, 0.05) is 31.9 Å². The Morgan fingerprint density at radius 2 is 1.83 bits per heavy atom. The average molecular weight is 488 g/mol. The molecular formula is C28H26FN3O4. The summed E-state index contributed by atoms with van der Waals surface area (Å²) in [6.45, 7) is 1.27. The number of halogens is 1. The summed E-state index contributed by atoms with van der Waals surface area (Å²) in [5.41, 5.74) is 8.45. The molecule has 5 rings (SSSR count). The third-order valence-electron chi connectivity index (χ3n) is 6.63. The number of anilines is 1. The largest absolute Gasteiger partial charge is 0.492 e. The van der Waals surface area contributed by atoms with Crippen LogP contribution in [0.5, 0.6) is 5.75 Å². The number of hydrogen-bond acceptors (Lipinski definition) is 5. The van der Waals surface area contributed by atoms with E-state index in [4.69, 9.17) is 10.5 Å². The van der Waals surface area contributed by atoms with Gasteiger partial charge in [-0.2, -0.15) is 0 Å². The molecule has 1 fully saturated rings. The van der Waals surface area contributed by atoms with Crippen LogP contribution in [0, 0.1) is 5.82 Å². The predicted octanol–water partition coefficient (Wildman–Crippen LogP) is 4.10. The first kappa shape index (κ1) is 23.6. The summed E-state index contributed by atoms with van der Waals surface area (Å²) in [4.78, 5) is 26.7. The van der Waals surface area contributed by atoms with Crippen molar-refractivity contribution < 1.29 is 19.0 Å². The number of carboxylic acid groups (broad SMARTS) is 1. The van der Waals surface area contributed by atoms with Crippen LogP contribution >= 0.6 is 0 Å². The molecule has 0 amide bonds. The molecule has 0 bridgehead atoms. The molecule has 1 aliphatic heterocycles. The number of rotatable bonds is 6. The van der Waals surface area contributed by atoms with Crippen LogP contribution in [0.3, 0.4) is 0 Å². The summed E-state index contributed by atoms with van der Waals surface area (Å²) in [7, 11) is 1.42. The highest BCUT2D eigenvalue weighted by Crippen LogP contribution is 2.39. The number of benzene rings is 3. The van der Waals surface area contributed by atoms with E-state index in [1.807, 2.05) is 59.5 Å². The van der Waals surface area contributed by atoms with Crippen molar-refractivity contribution in [2.24, 2.45) is 5.73 Å². The topological polar surface area (TPSA) is 97.8 Å². The fourth-order valence-electron chi connectivity index (χ4n) is 4.87. The number of fused-ring (bicyclic) bond motifs is 1. The van der Waals surface area contributed by atoms with Crippen LogP contribution in [0.25, 0.3) is 22.0 Å². The van der Waals surface area contributed by atoms with E-state index in [-0.39, 0.29) is 29.4 Å². The average Bonchev–Trinajstić information content (AvgIpc) is 3.31. The van der Waals surface area contributed by atoms with Crippen molar-refractivity contribution in [3.63, 3.8) is 0 Å². The van der Waals surface area contributed by atoms with E-state index in [1.54, 1.807) is 4.57 Å². The Morgan fingerprint density at radius 1 is 1.14 bits per heavy atom. The lowest BCUT2D eigenvalue weighted by molar-refractivity contribution is 0.0695. The highest BCUT2D eigenvalue weighted by molar-refractivity contribution is 5.97. The van der Waals surface area contributed by atoms with Crippen LogP contribution in [0.15, 0.2) is 71.7 Å². The van der Waals surface area contributed by atoms with Crippen molar-refractivity contribution >= 4 is 22.6 Å². The second kappa shape index (κ2) is 9.47. The predicted molar refractivity (Wildman–Crippen MR) is 137 cm³/mol. The van der Waals surface area contributed by atoms with Crippen molar-refractivity contribution in [1.29, 1.82) is 0 Å². The van der Waals surface area contributed by atoms with Crippen LogP contribution in [-0.4, -0.2) is 41.9 Å². The van der Waals surface area contributed by atoms with Gasteiger partial charge in [0.2, 0.25) is 5.43 Å². The number of nitrogens with zero attached hydrogens (tertiary/aromatic N) is 2. The maximum absolute atomic E-state index is 15.4. The first-order valence-corrected chi connectivity index (χ1v) is 11.7. The minimum Gasteiger partial charge on any atom is -0.492 e. The standard InChI is InChI=1S/C28H26FN3O4/c1-36-27-24-21(13-23(29)25(27)31-12-11-20(30)15-31)26(33)22(28(34)35)16-32(24)14-17-7-9-19(10-8-17)18-5-3-2-4-6-18/h2-10,13,16,20H,11-12,14-15,30H2,1H3,(H,34,35)/t20-/m1/s1. The van der Waals surface area contributed by atoms with Crippen LogP contribution in [0.1, 0.15) is 22.3 Å². The van der Waals surface area contributed by atoms with Crippen LogP contribution < -0.4 is 20.8 Å². The van der Waals surface area contributed by atoms with Crippen molar-refractivity contribution in [2.45, 2.75) is 19.0 Å². The van der Waals surface area contributed by atoms with Gasteiger partial charge in [-0.3, -0.25) is 4.79 Å². The molecule has 0 aliphatic carbocycles. The zero-order valence-electron chi connectivity index (χ0n) is 19.8. The minimum absolute atomic E-state index is 0.0441. The Kier molecular flexibility index (Phi) is 6.20. The fourth-order valence-corrected chi connectivity index (χ4v) is 4.87. The zero-order valence-corrected chi connectivity index (χ0v) is 19.8. The van der Waals surface area contributed by atoms with E-state index in [0.717, 1.165) is 22.8 Å². The summed E-state index contributed by atoms with van der Waals surface area (Å²) >= 11 is 0. The third kappa shape index (κ3) is 4.20. The van der Waals surface area contributed by atoms with Gasteiger partial charge in [0.25, 0.3) is 0 Å². The lowest BCUT2D eigenvalue weighted by Gasteiger charge is -2.24. The summed E-state index contributed by atoms with van der Waals surface area (Å²) in [5.74, 6) is -1.83. The number of hydrogen-bond donors (Lipinski definition) is 2. The van der Waals surface area contributed by atoms with Gasteiger partial charge in [-0.1, -0.05) is 54.6 Å². The molecule has 1 saturated heterocycles. The van der Waals surface area contributed by atoms with Gasteiger partial charge < -0.3 is 25.0 Å². The van der Waals surface area contributed by atoms with E-state index < -0.39 is 22.8 Å². The van der Waals surface area contributed by atoms with E-state index in [9.17, 15) is 14.7 Å². The molecule has 2 heterocycles. The van der Waals surface area contributed by atoms with Crippen molar-refractivity contribution in [3.05, 3.63) is 94.0 Å². The number of carboxylic acids is 1. The molecule has 0 saturated carbocycles. The van der Waals surface area contributed by atoms with Gasteiger partial charge in [-0.15, -0.1) is 0 Å². The molecule has 0 spiro atoms. The lowest BCUT2D eigenvalue weighted by atomic mass is 10.0. The summed E-state index contributed by atoms with van der Waals surface area (Å²) < 4.78 is 22.7. The van der Waals surface area contributed by atoms with Crippen molar-refractivity contribution in [3.8, 4) is 16.9 Å². The fraction of sp³-hybridized carbons (Fsp3) is 0.214. The molecule has 1 aromatic heterocycles. The number of nitrogens with two attached hydrogens (primary N) is 1. The normalized spacial score (nSPS) is 15.4. The highest BCUT2D eigenvalue weighted by Gasteiger charge is 2.29. The second-order valence-corrected chi connectivity index (χ2v) is 9.00. The summed E-state index contributed by atoms with van der Waals surface area (Å²) in [6.07, 6.45) is 2.01. The lowest BCUT2D eigenvalue weighted by Crippen LogP contribution is -2.28. The SMILES string of the molecule is COc1c(N2CC[C@@H](N)C2)c(F)cc2c(=O)c(C(=O)O)cn(Cc3ccc(-c4ccccc4)cc3)c12. The first-order chi connectivity index (χ1) is 17.4. The number of aromatic carboxylic acids is 1. The molecule has 8 heteroatoms. The van der Waals surface area contributed by atoms with E-state index in [1.165, 1.54) is 13.3 Å². The van der Waals surface area contributed by atoms with Crippen molar-refractivity contribution in [2.75, 3.05) is 25.1 Å². The van der Waals surface area contributed by atoms with Crippen molar-refractivity contribution in [1.82, 2.24) is 4.57 Å². The highest BCUT2D eigenvalue weighted by atomic mass is 19.1. The van der Waals surface area contributed by atoms with Crippen LogP contribution in [-0.2, 0) is 6.54 Å². The van der Waals surface area contributed by atoms with E-state index in [0.29, 0.717) is 25.0 Å². The Hall–Kier alpha value is -4.17. The molecule has 3 aromatic carbocycles. The van der Waals surface area contributed by atoms with Crippen LogP contribution in [0.4, 0.5) is 10.1 Å². The quantitative estimate of drug-likeness (QED) is 0.425. The molecule has 36 heavy (non-hydrogen) atoms. The molecule has 4 aromatic rings. The van der Waals surface area contributed by atoms with E-state index >= 15 is 4.39 Å². The van der Waals surface area contributed by atoms with E-state index in [2.05, 4.69) is 0 Å². The Morgan fingerprint density at radius 3 is 2.44 bits per heavy atom. The third-order valence-corrected chi connectivity index (χ3v) is 6.63. The molecule has 1 atom stereocenters. The molecule has 7 nitrogen and oxygen atoms in total. The number of methoxy groups -OCH3 is 1. The number of aromatic nitrogens is 1. The maximum atomic E-state index is 15.4. The van der Waals surface area contributed by atoms with Gasteiger partial charge in [-0.05, 0) is 29.2 Å². The molecular weight excluding hydrogens is 461 g/mol. The number of pyridine rings is 1. The summed E-state index contributed by atoms with van der Waals surface area (Å²) in [5, 5.41) is 9.63. The number of ether oxygens (including phenoxy) is 1. The number of carbonyl (C=O) groups is 1. The molecule has 1 aliphatic rings. The maximum Gasteiger partial charge on any atom is 0.341 e. The van der Waals surface area contributed by atoms with Gasteiger partial charge in [0.15, 0.2) is 11.6 Å². The Labute approximate surface area is 207 Å². The van der Waals surface area contributed by atoms with Gasteiger partial charge >= 0.3 is 5.97 Å². The second-order valence-electron chi connectivity index (χ2n) is 9.00. The van der Waals surface area contributed by atoms with Gasteiger partial charge in [-0.25, -0.2) is 9.18 Å².